The molecule has 0 bridgehead atoms. The zero-order chi connectivity index (χ0) is 12.4. The van der Waals surface area contributed by atoms with Crippen LogP contribution >= 0.6 is 11.8 Å². The molecule has 1 rings (SSSR count). The molecule has 2 atom stereocenters. The Balaban J connectivity index is 2.98. The lowest BCUT2D eigenvalue weighted by Crippen LogP contribution is -2.67. The predicted molar refractivity (Wildman–Crippen MR) is 69.0 cm³/mol. The van der Waals surface area contributed by atoms with E-state index in [1.807, 2.05) is 0 Å². The van der Waals surface area contributed by atoms with E-state index in [1.54, 1.807) is 11.8 Å². The van der Waals surface area contributed by atoms with Crippen LogP contribution in [0, 0.1) is 5.41 Å². The number of hydrogen-bond donors (Lipinski definition) is 2. The Kier molecular flexibility index (Phi) is 4.29. The second kappa shape index (κ2) is 4.96. The van der Waals surface area contributed by atoms with Gasteiger partial charge in [0.1, 0.15) is 5.54 Å². The van der Waals surface area contributed by atoms with Crippen LogP contribution in [-0.4, -0.2) is 34.2 Å². The van der Waals surface area contributed by atoms with Crippen molar-refractivity contribution in [2.24, 2.45) is 5.41 Å². The molecule has 1 aliphatic rings. The third-order valence-electron chi connectivity index (χ3n) is 3.82. The minimum Gasteiger partial charge on any atom is -0.480 e. The van der Waals surface area contributed by atoms with Crippen molar-refractivity contribution in [3.8, 4) is 0 Å². The van der Waals surface area contributed by atoms with Crippen LogP contribution in [0.2, 0.25) is 0 Å². The lowest BCUT2D eigenvalue weighted by atomic mass is 9.70. The van der Waals surface area contributed by atoms with E-state index in [1.165, 1.54) is 0 Å². The van der Waals surface area contributed by atoms with Crippen molar-refractivity contribution in [3.05, 3.63) is 0 Å². The molecule has 2 N–H and O–H groups in total. The van der Waals surface area contributed by atoms with Crippen molar-refractivity contribution >= 4 is 17.7 Å². The van der Waals surface area contributed by atoms with E-state index < -0.39 is 11.5 Å². The van der Waals surface area contributed by atoms with E-state index >= 15 is 0 Å². The molecule has 0 amide bonds. The van der Waals surface area contributed by atoms with Crippen molar-refractivity contribution in [3.63, 3.8) is 0 Å². The highest BCUT2D eigenvalue weighted by Gasteiger charge is 2.53. The average Bonchev–Trinajstić information content (AvgIpc) is 2.20. The first kappa shape index (κ1) is 13.8. The molecule has 0 aliphatic carbocycles. The number of carboxylic acids is 1. The molecule has 0 aromatic rings. The molecule has 1 saturated heterocycles. The highest BCUT2D eigenvalue weighted by molar-refractivity contribution is 7.99. The van der Waals surface area contributed by atoms with Crippen molar-refractivity contribution < 1.29 is 9.90 Å². The van der Waals surface area contributed by atoms with E-state index in [4.69, 9.17) is 0 Å². The smallest absolute Gasteiger partial charge is 0.325 e. The Hall–Kier alpha value is -0.220. The quantitative estimate of drug-likeness (QED) is 0.798. The minimum atomic E-state index is -0.772. The summed E-state index contributed by atoms with van der Waals surface area (Å²) >= 11 is 1.74. The molecule has 4 heteroatoms. The molecule has 1 aliphatic heterocycles. The fourth-order valence-electron chi connectivity index (χ4n) is 2.13. The van der Waals surface area contributed by atoms with Gasteiger partial charge in [-0.05, 0) is 30.9 Å². The van der Waals surface area contributed by atoms with Crippen molar-refractivity contribution in [2.45, 2.75) is 52.1 Å². The summed E-state index contributed by atoms with van der Waals surface area (Å²) in [6, 6.07) is 0.245. The van der Waals surface area contributed by atoms with Gasteiger partial charge in [0.15, 0.2) is 0 Å². The Morgan fingerprint density at radius 3 is 2.62 bits per heavy atom. The van der Waals surface area contributed by atoms with Gasteiger partial charge in [0, 0.05) is 11.8 Å². The Morgan fingerprint density at radius 1 is 1.56 bits per heavy atom. The lowest BCUT2D eigenvalue weighted by molar-refractivity contribution is -0.150. The first-order chi connectivity index (χ1) is 7.35. The number of aliphatic carboxylic acids is 1. The molecular weight excluding hydrogens is 222 g/mol. The molecule has 0 spiro atoms. The van der Waals surface area contributed by atoms with Gasteiger partial charge in [-0.3, -0.25) is 10.1 Å². The third kappa shape index (κ3) is 2.38. The van der Waals surface area contributed by atoms with Gasteiger partial charge in [-0.25, -0.2) is 0 Å². The number of hydrogen-bond acceptors (Lipinski definition) is 3. The largest absolute Gasteiger partial charge is 0.480 e. The predicted octanol–water partition coefficient (Wildman–Crippen LogP) is 2.36. The van der Waals surface area contributed by atoms with Crippen LogP contribution in [0.3, 0.4) is 0 Å². The van der Waals surface area contributed by atoms with Crippen molar-refractivity contribution in [2.75, 3.05) is 11.5 Å². The number of carbonyl (C=O) groups is 1. The number of carboxylic acid groups (broad SMARTS) is 1. The van der Waals surface area contributed by atoms with E-state index in [0.29, 0.717) is 5.75 Å². The topological polar surface area (TPSA) is 49.3 Å². The van der Waals surface area contributed by atoms with Gasteiger partial charge in [0.2, 0.25) is 0 Å². The van der Waals surface area contributed by atoms with Gasteiger partial charge < -0.3 is 5.11 Å². The average molecular weight is 245 g/mol. The molecule has 1 heterocycles. The molecule has 94 valence electrons. The summed E-state index contributed by atoms with van der Waals surface area (Å²) in [6.07, 6.45) is 1.91. The summed E-state index contributed by atoms with van der Waals surface area (Å²) in [6.45, 7) is 8.27. The zero-order valence-electron chi connectivity index (χ0n) is 10.7. The minimum absolute atomic E-state index is 0.187. The summed E-state index contributed by atoms with van der Waals surface area (Å²) < 4.78 is 0. The van der Waals surface area contributed by atoms with E-state index in [0.717, 1.165) is 18.6 Å². The van der Waals surface area contributed by atoms with E-state index in [-0.39, 0.29) is 11.5 Å². The first-order valence-corrected chi connectivity index (χ1v) is 7.10. The lowest BCUT2D eigenvalue weighted by Gasteiger charge is -2.48. The van der Waals surface area contributed by atoms with Gasteiger partial charge in [0.25, 0.3) is 0 Å². The molecular formula is C12H23NO2S. The van der Waals surface area contributed by atoms with Crippen LogP contribution in [0.5, 0.6) is 0 Å². The fourth-order valence-corrected chi connectivity index (χ4v) is 3.84. The maximum absolute atomic E-state index is 11.7. The van der Waals surface area contributed by atoms with Gasteiger partial charge in [-0.15, -0.1) is 0 Å². The normalized spacial score (nSPS) is 31.0. The summed E-state index contributed by atoms with van der Waals surface area (Å²) in [7, 11) is 0. The number of nitrogens with one attached hydrogen (secondary N) is 1. The Bertz CT molecular complexity index is 268. The summed E-state index contributed by atoms with van der Waals surface area (Å²) in [5.41, 5.74) is -0.959. The first-order valence-electron chi connectivity index (χ1n) is 5.94. The highest BCUT2D eigenvalue weighted by atomic mass is 32.2. The van der Waals surface area contributed by atoms with Crippen molar-refractivity contribution in [1.82, 2.24) is 5.32 Å². The molecule has 1 fully saturated rings. The van der Waals surface area contributed by atoms with Gasteiger partial charge in [0.05, 0.1) is 0 Å². The van der Waals surface area contributed by atoms with Crippen LogP contribution in [0.1, 0.15) is 40.5 Å². The van der Waals surface area contributed by atoms with E-state index in [2.05, 4.69) is 33.0 Å². The Morgan fingerprint density at radius 2 is 2.19 bits per heavy atom. The van der Waals surface area contributed by atoms with Crippen LogP contribution < -0.4 is 5.32 Å². The third-order valence-corrected chi connectivity index (χ3v) is 4.95. The maximum atomic E-state index is 11.7. The fraction of sp³-hybridized carbons (Fsp3) is 0.917. The molecule has 0 aromatic carbocycles. The summed E-state index contributed by atoms with van der Waals surface area (Å²) in [4.78, 5) is 11.7. The SMILES string of the molecule is CCC(C)NC1(C(=O)O)CSCCC1(C)C. The monoisotopic (exact) mass is 245 g/mol. The van der Waals surface area contributed by atoms with Crippen LogP contribution in [0.15, 0.2) is 0 Å². The molecule has 0 saturated carbocycles. The maximum Gasteiger partial charge on any atom is 0.325 e. The summed E-state index contributed by atoms with van der Waals surface area (Å²) in [5.74, 6) is 1.02. The number of thioether (sulfide) groups is 1. The molecule has 2 unspecified atom stereocenters. The van der Waals surface area contributed by atoms with Gasteiger partial charge in [-0.1, -0.05) is 20.8 Å². The molecule has 0 radical (unpaired) electrons. The molecule has 3 nitrogen and oxygen atoms in total. The van der Waals surface area contributed by atoms with E-state index in [9.17, 15) is 9.90 Å². The van der Waals surface area contributed by atoms with Crippen LogP contribution in [-0.2, 0) is 4.79 Å². The summed E-state index contributed by atoms with van der Waals surface area (Å²) in [5, 5.41) is 12.9. The number of rotatable bonds is 4. The Labute approximate surface area is 102 Å². The van der Waals surface area contributed by atoms with Crippen LogP contribution in [0.4, 0.5) is 0 Å². The molecule has 16 heavy (non-hydrogen) atoms. The van der Waals surface area contributed by atoms with Crippen molar-refractivity contribution in [1.29, 1.82) is 0 Å². The molecule has 0 aromatic heterocycles. The second-order valence-corrected chi connectivity index (χ2v) is 6.46. The second-order valence-electron chi connectivity index (χ2n) is 5.35. The highest BCUT2D eigenvalue weighted by Crippen LogP contribution is 2.42. The van der Waals surface area contributed by atoms with Crippen LogP contribution in [0.25, 0.3) is 0 Å². The zero-order valence-corrected chi connectivity index (χ0v) is 11.5. The van der Waals surface area contributed by atoms with Gasteiger partial charge >= 0.3 is 5.97 Å². The standard InChI is InChI=1S/C12H23NO2S/c1-5-9(2)13-12(10(14)15)8-16-7-6-11(12,3)4/h9,13H,5-8H2,1-4H3,(H,14,15). The van der Waals surface area contributed by atoms with Gasteiger partial charge in [-0.2, -0.15) is 11.8 Å².